The van der Waals surface area contributed by atoms with E-state index in [-0.39, 0.29) is 5.91 Å². The van der Waals surface area contributed by atoms with Crippen LogP contribution in [0.1, 0.15) is 39.6 Å². The maximum absolute atomic E-state index is 12.8. The second-order valence-corrected chi connectivity index (χ2v) is 8.17. The summed E-state index contributed by atoms with van der Waals surface area (Å²) in [7, 11) is 0. The van der Waals surface area contributed by atoms with Gasteiger partial charge in [0.1, 0.15) is 4.88 Å². The fraction of sp³-hybridized carbons (Fsp3) is 0.500. The van der Waals surface area contributed by atoms with Crippen molar-refractivity contribution < 1.29 is 14.3 Å². The summed E-state index contributed by atoms with van der Waals surface area (Å²) in [4.78, 5) is 18.1. The monoisotopic (exact) mass is 387 g/mol. The van der Waals surface area contributed by atoms with E-state index in [1.807, 2.05) is 25.1 Å². The Hall–Kier alpha value is -2.12. The summed E-state index contributed by atoms with van der Waals surface area (Å²) in [5, 5.41) is 7.42. The molecule has 6 nitrogen and oxygen atoms in total. The van der Waals surface area contributed by atoms with Crippen molar-refractivity contribution in [3.05, 3.63) is 33.8 Å². The second kappa shape index (κ2) is 8.27. The highest BCUT2D eigenvalue weighted by atomic mass is 32.1. The molecule has 0 atom stereocenters. The average molecular weight is 388 g/mol. The van der Waals surface area contributed by atoms with Gasteiger partial charge in [0, 0.05) is 24.6 Å². The molecule has 4 rings (SSSR count). The number of nitrogens with one attached hydrogen (secondary N) is 2. The highest BCUT2D eigenvalue weighted by Crippen LogP contribution is 2.33. The van der Waals surface area contributed by atoms with Gasteiger partial charge >= 0.3 is 0 Å². The van der Waals surface area contributed by atoms with Gasteiger partial charge in [0.2, 0.25) is 0 Å². The normalized spacial score (nSPS) is 17.4. The van der Waals surface area contributed by atoms with Gasteiger partial charge in [0.05, 0.1) is 23.9 Å². The minimum atomic E-state index is -0.115. The van der Waals surface area contributed by atoms with E-state index < -0.39 is 0 Å². The first-order valence-electron chi connectivity index (χ1n) is 9.57. The van der Waals surface area contributed by atoms with Gasteiger partial charge < -0.3 is 20.1 Å². The van der Waals surface area contributed by atoms with Crippen molar-refractivity contribution in [2.75, 3.05) is 31.6 Å². The number of amides is 1. The summed E-state index contributed by atoms with van der Waals surface area (Å²) in [6.45, 7) is 5.33. The molecule has 3 heterocycles. The van der Waals surface area contributed by atoms with Gasteiger partial charge in [-0.3, -0.25) is 4.79 Å². The first-order chi connectivity index (χ1) is 13.2. The van der Waals surface area contributed by atoms with Crippen LogP contribution in [0.15, 0.2) is 18.2 Å². The molecular weight excluding hydrogens is 362 g/mol. The molecule has 0 radical (unpaired) electrons. The Morgan fingerprint density at radius 3 is 2.85 bits per heavy atom. The van der Waals surface area contributed by atoms with Crippen LogP contribution in [0.3, 0.4) is 0 Å². The third-order valence-corrected chi connectivity index (χ3v) is 6.15. The van der Waals surface area contributed by atoms with Crippen LogP contribution in [0.5, 0.6) is 11.5 Å². The van der Waals surface area contributed by atoms with Crippen molar-refractivity contribution in [2.45, 2.75) is 32.6 Å². The molecule has 2 aromatic rings. The van der Waals surface area contributed by atoms with Crippen molar-refractivity contribution in [1.82, 2.24) is 10.3 Å². The zero-order valence-electron chi connectivity index (χ0n) is 15.5. The summed E-state index contributed by atoms with van der Waals surface area (Å²) < 4.78 is 11.3. The van der Waals surface area contributed by atoms with E-state index in [4.69, 9.17) is 9.47 Å². The maximum atomic E-state index is 12.8. The van der Waals surface area contributed by atoms with Crippen LogP contribution in [-0.4, -0.2) is 37.2 Å². The number of piperidine rings is 1. The molecule has 1 amide bonds. The molecule has 1 aromatic carbocycles. The lowest BCUT2D eigenvalue weighted by Crippen LogP contribution is -2.28. The van der Waals surface area contributed by atoms with Crippen LogP contribution < -0.4 is 20.1 Å². The van der Waals surface area contributed by atoms with Gasteiger partial charge in [-0.2, -0.15) is 0 Å². The largest absolute Gasteiger partial charge is 0.490 e. The minimum absolute atomic E-state index is 0.115. The number of benzene rings is 1. The lowest BCUT2D eigenvalue weighted by molar-refractivity contribution is 0.103. The topological polar surface area (TPSA) is 72.5 Å². The van der Waals surface area contributed by atoms with Crippen molar-refractivity contribution in [1.29, 1.82) is 0 Å². The number of ether oxygens (including phenoxy) is 2. The Morgan fingerprint density at radius 2 is 2.04 bits per heavy atom. The highest BCUT2D eigenvalue weighted by Gasteiger charge is 2.20. The van der Waals surface area contributed by atoms with Crippen molar-refractivity contribution in [3.8, 4) is 11.5 Å². The number of carbonyl (C=O) groups excluding carboxylic acids is 1. The number of hydrogen-bond acceptors (Lipinski definition) is 6. The SMILES string of the molecule is Cc1nc(CC2CCNCC2)sc1C(=O)Nc1ccc2c(c1)OCCCO2. The Labute approximate surface area is 163 Å². The number of aryl methyl sites for hydroxylation is 1. The quantitative estimate of drug-likeness (QED) is 0.841. The molecule has 0 unspecified atom stereocenters. The van der Waals surface area contributed by atoms with E-state index in [2.05, 4.69) is 15.6 Å². The van der Waals surface area contributed by atoms with Crippen LogP contribution in [0.2, 0.25) is 0 Å². The number of anilines is 1. The Balaban J connectivity index is 1.44. The summed E-state index contributed by atoms with van der Waals surface area (Å²) in [6, 6.07) is 5.51. The van der Waals surface area contributed by atoms with Crippen molar-refractivity contribution in [2.24, 2.45) is 5.92 Å². The minimum Gasteiger partial charge on any atom is -0.490 e. The lowest BCUT2D eigenvalue weighted by atomic mass is 9.95. The number of rotatable bonds is 4. The van der Waals surface area contributed by atoms with Crippen LogP contribution in [0, 0.1) is 12.8 Å². The van der Waals surface area contributed by atoms with Gasteiger partial charge in [0.15, 0.2) is 11.5 Å². The summed E-state index contributed by atoms with van der Waals surface area (Å²) >= 11 is 1.51. The first kappa shape index (κ1) is 18.3. The third-order valence-electron chi connectivity index (χ3n) is 4.97. The maximum Gasteiger partial charge on any atom is 0.267 e. The van der Waals surface area contributed by atoms with E-state index in [0.29, 0.717) is 35.4 Å². The van der Waals surface area contributed by atoms with Crippen LogP contribution in [-0.2, 0) is 6.42 Å². The molecule has 1 saturated heterocycles. The molecular formula is C20H25N3O3S. The van der Waals surface area contributed by atoms with Gasteiger partial charge in [-0.25, -0.2) is 4.98 Å². The number of aromatic nitrogens is 1. The van der Waals surface area contributed by atoms with Crippen molar-refractivity contribution in [3.63, 3.8) is 0 Å². The summed E-state index contributed by atoms with van der Waals surface area (Å²) in [6.07, 6.45) is 4.18. The predicted molar refractivity (Wildman–Crippen MR) is 106 cm³/mol. The smallest absolute Gasteiger partial charge is 0.267 e. The molecule has 2 aliphatic rings. The average Bonchev–Trinajstić information content (AvgIpc) is 2.88. The van der Waals surface area contributed by atoms with Crippen LogP contribution in [0.25, 0.3) is 0 Å². The lowest BCUT2D eigenvalue weighted by Gasteiger charge is -2.21. The molecule has 7 heteroatoms. The van der Waals surface area contributed by atoms with Crippen molar-refractivity contribution >= 4 is 22.9 Å². The fourth-order valence-electron chi connectivity index (χ4n) is 3.51. The van der Waals surface area contributed by atoms with Crippen LogP contribution in [0.4, 0.5) is 5.69 Å². The van der Waals surface area contributed by atoms with E-state index >= 15 is 0 Å². The molecule has 1 aromatic heterocycles. The fourth-order valence-corrected chi connectivity index (χ4v) is 4.59. The van der Waals surface area contributed by atoms with Crippen LogP contribution >= 0.6 is 11.3 Å². The molecule has 144 valence electrons. The Morgan fingerprint density at radius 1 is 1.26 bits per heavy atom. The molecule has 0 bridgehead atoms. The molecule has 27 heavy (non-hydrogen) atoms. The number of hydrogen-bond donors (Lipinski definition) is 2. The van der Waals surface area contributed by atoms with E-state index in [0.717, 1.165) is 42.4 Å². The van der Waals surface area contributed by atoms with Gasteiger partial charge in [-0.05, 0) is 50.9 Å². The first-order valence-corrected chi connectivity index (χ1v) is 10.4. The standard InChI is InChI=1S/C20H25N3O3S/c1-13-19(27-18(22-13)11-14-5-7-21-8-6-14)20(24)23-15-3-4-16-17(12-15)26-10-2-9-25-16/h3-4,12,14,21H,2,5-11H2,1H3,(H,23,24). The molecule has 0 spiro atoms. The number of nitrogens with zero attached hydrogens (tertiary/aromatic N) is 1. The summed E-state index contributed by atoms with van der Waals surface area (Å²) in [5.74, 6) is 1.95. The number of thiazole rings is 1. The Bertz CT molecular complexity index is 815. The highest BCUT2D eigenvalue weighted by molar-refractivity contribution is 7.13. The Kier molecular flexibility index (Phi) is 5.59. The molecule has 1 fully saturated rings. The molecule has 0 aliphatic carbocycles. The van der Waals surface area contributed by atoms with Gasteiger partial charge in [-0.1, -0.05) is 0 Å². The molecule has 2 aliphatic heterocycles. The third kappa shape index (κ3) is 4.42. The second-order valence-electron chi connectivity index (χ2n) is 7.09. The summed E-state index contributed by atoms with van der Waals surface area (Å²) in [5.41, 5.74) is 1.51. The van der Waals surface area contributed by atoms with Gasteiger partial charge in [-0.15, -0.1) is 11.3 Å². The van der Waals surface area contributed by atoms with E-state index in [1.165, 1.54) is 24.2 Å². The predicted octanol–water partition coefficient (Wildman–Crippen LogP) is 3.41. The molecule has 2 N–H and O–H groups in total. The molecule has 0 saturated carbocycles. The zero-order chi connectivity index (χ0) is 18.6. The van der Waals surface area contributed by atoms with E-state index in [1.54, 1.807) is 0 Å². The zero-order valence-corrected chi connectivity index (χ0v) is 16.4. The van der Waals surface area contributed by atoms with E-state index in [9.17, 15) is 4.79 Å². The number of fused-ring (bicyclic) bond motifs is 1. The number of carbonyl (C=O) groups is 1. The van der Waals surface area contributed by atoms with Gasteiger partial charge in [0.25, 0.3) is 5.91 Å².